The van der Waals surface area contributed by atoms with Gasteiger partial charge < -0.3 is 19.9 Å². The van der Waals surface area contributed by atoms with Crippen LogP contribution in [-0.4, -0.2) is 46.6 Å². The Kier molecular flexibility index (Phi) is 5.41. The smallest absolute Gasteiger partial charge is 0.410 e. The average molecular weight is 337 g/mol. The summed E-state index contributed by atoms with van der Waals surface area (Å²) in [6.07, 6.45) is 2.80. The fourth-order valence-corrected chi connectivity index (χ4v) is 2.63. The lowest BCUT2D eigenvalue weighted by molar-refractivity contribution is 0.0199. The molecule has 0 aromatic carbocycles. The minimum Gasteiger partial charge on any atom is -0.444 e. The van der Waals surface area contributed by atoms with Gasteiger partial charge in [-0.05, 0) is 45.7 Å². The molecule has 1 aromatic heterocycles. The van der Waals surface area contributed by atoms with E-state index in [2.05, 4.69) is 10.3 Å². The predicted molar refractivity (Wildman–Crippen MR) is 89.9 cm³/mol. The standard InChI is InChI=1S/C16H23N3O3S/c1-16(2,3)22-15(21)19-9-6-11(7-10-19)18-13(20)12-5-4-8-17-14(12)23/h4-5,8,11H,6-7,9-10H2,1-3H3,(H,17,23)(H,18,20). The molecule has 2 amide bonds. The lowest BCUT2D eigenvalue weighted by Gasteiger charge is -2.33. The first kappa shape index (κ1) is 17.5. The van der Waals surface area contributed by atoms with Crippen molar-refractivity contribution in [1.29, 1.82) is 0 Å². The molecule has 0 atom stereocenters. The van der Waals surface area contributed by atoms with Crippen molar-refractivity contribution < 1.29 is 14.3 Å². The van der Waals surface area contributed by atoms with Gasteiger partial charge in [0.1, 0.15) is 10.2 Å². The molecule has 1 saturated heterocycles. The average Bonchev–Trinajstić information content (AvgIpc) is 2.46. The zero-order valence-corrected chi connectivity index (χ0v) is 14.5. The van der Waals surface area contributed by atoms with E-state index < -0.39 is 5.60 Å². The number of carbonyl (C=O) groups is 2. The van der Waals surface area contributed by atoms with E-state index in [1.54, 1.807) is 23.2 Å². The molecule has 7 heteroatoms. The molecule has 0 bridgehead atoms. The van der Waals surface area contributed by atoms with Gasteiger partial charge in [-0.25, -0.2) is 4.79 Å². The van der Waals surface area contributed by atoms with Gasteiger partial charge in [0.15, 0.2) is 0 Å². The van der Waals surface area contributed by atoms with Crippen LogP contribution in [0.25, 0.3) is 0 Å². The summed E-state index contributed by atoms with van der Waals surface area (Å²) in [6.45, 7) is 6.69. The van der Waals surface area contributed by atoms with E-state index in [0.717, 1.165) is 0 Å². The molecule has 0 aliphatic carbocycles. The fourth-order valence-electron chi connectivity index (χ4n) is 2.40. The normalized spacial score (nSPS) is 16.0. The minimum absolute atomic E-state index is 0.0378. The van der Waals surface area contributed by atoms with Crippen LogP contribution in [0.5, 0.6) is 0 Å². The monoisotopic (exact) mass is 337 g/mol. The first-order valence-corrected chi connectivity index (χ1v) is 8.13. The van der Waals surface area contributed by atoms with Gasteiger partial charge >= 0.3 is 6.09 Å². The Morgan fingerprint density at radius 3 is 2.57 bits per heavy atom. The Bertz CT molecular complexity index is 628. The first-order chi connectivity index (χ1) is 10.8. The van der Waals surface area contributed by atoms with Crippen LogP contribution < -0.4 is 5.32 Å². The van der Waals surface area contributed by atoms with Gasteiger partial charge in [0, 0.05) is 25.3 Å². The minimum atomic E-state index is -0.494. The molecule has 1 aliphatic rings. The Balaban J connectivity index is 1.85. The van der Waals surface area contributed by atoms with Crippen LogP contribution in [0.3, 0.4) is 0 Å². The molecule has 2 heterocycles. The number of nitrogens with zero attached hydrogens (tertiary/aromatic N) is 1. The molecule has 1 fully saturated rings. The second-order valence-electron chi connectivity index (χ2n) is 6.63. The van der Waals surface area contributed by atoms with E-state index in [1.807, 2.05) is 20.8 Å². The molecule has 1 aromatic rings. The van der Waals surface area contributed by atoms with Crippen molar-refractivity contribution in [2.24, 2.45) is 0 Å². The number of aromatic amines is 1. The van der Waals surface area contributed by atoms with Crippen LogP contribution in [-0.2, 0) is 4.74 Å². The van der Waals surface area contributed by atoms with Crippen molar-refractivity contribution in [3.05, 3.63) is 28.5 Å². The van der Waals surface area contributed by atoms with Crippen molar-refractivity contribution in [1.82, 2.24) is 15.2 Å². The van der Waals surface area contributed by atoms with Crippen LogP contribution in [0.4, 0.5) is 4.79 Å². The number of carbonyl (C=O) groups excluding carboxylic acids is 2. The largest absolute Gasteiger partial charge is 0.444 e. The molecule has 0 unspecified atom stereocenters. The number of piperidine rings is 1. The summed E-state index contributed by atoms with van der Waals surface area (Å²) in [4.78, 5) is 28.8. The quantitative estimate of drug-likeness (QED) is 0.814. The van der Waals surface area contributed by atoms with Crippen molar-refractivity contribution in [3.8, 4) is 0 Å². The van der Waals surface area contributed by atoms with E-state index >= 15 is 0 Å². The first-order valence-electron chi connectivity index (χ1n) is 7.73. The highest BCUT2D eigenvalue weighted by Gasteiger charge is 2.27. The molecule has 6 nitrogen and oxygen atoms in total. The Morgan fingerprint density at radius 2 is 2.00 bits per heavy atom. The van der Waals surface area contributed by atoms with Gasteiger partial charge in [0.05, 0.1) is 5.56 Å². The van der Waals surface area contributed by atoms with E-state index in [0.29, 0.717) is 36.1 Å². The third kappa shape index (κ3) is 5.06. The number of rotatable bonds is 2. The third-order valence-electron chi connectivity index (χ3n) is 3.54. The summed E-state index contributed by atoms with van der Waals surface area (Å²) in [6, 6.07) is 3.48. The van der Waals surface area contributed by atoms with Crippen LogP contribution in [0.15, 0.2) is 18.3 Å². The maximum absolute atomic E-state index is 12.2. The SMILES string of the molecule is CC(C)(C)OC(=O)N1CCC(NC(=O)c2ccc[nH]c2=S)CC1. The molecule has 0 radical (unpaired) electrons. The second kappa shape index (κ2) is 7.12. The summed E-state index contributed by atoms with van der Waals surface area (Å²) in [5.41, 5.74) is -0.0247. The summed E-state index contributed by atoms with van der Waals surface area (Å²) >= 11 is 5.11. The number of aromatic nitrogens is 1. The maximum Gasteiger partial charge on any atom is 0.410 e. The predicted octanol–water partition coefficient (Wildman–Crippen LogP) is 2.87. The molecule has 0 saturated carbocycles. The van der Waals surface area contributed by atoms with Crippen LogP contribution >= 0.6 is 12.2 Å². The molecule has 23 heavy (non-hydrogen) atoms. The third-order valence-corrected chi connectivity index (χ3v) is 3.88. The summed E-state index contributed by atoms with van der Waals surface area (Å²) in [7, 11) is 0. The number of nitrogens with one attached hydrogen (secondary N) is 2. The van der Waals surface area contributed by atoms with E-state index in [9.17, 15) is 9.59 Å². The van der Waals surface area contributed by atoms with Crippen LogP contribution in [0.1, 0.15) is 44.0 Å². The second-order valence-corrected chi connectivity index (χ2v) is 7.04. The number of pyridine rings is 1. The van der Waals surface area contributed by atoms with Crippen molar-refractivity contribution >= 4 is 24.2 Å². The molecule has 2 N–H and O–H groups in total. The fraction of sp³-hybridized carbons (Fsp3) is 0.562. The highest BCUT2D eigenvalue weighted by molar-refractivity contribution is 7.71. The number of likely N-dealkylation sites (tertiary alicyclic amines) is 1. The van der Waals surface area contributed by atoms with Crippen molar-refractivity contribution in [2.75, 3.05) is 13.1 Å². The number of amides is 2. The lowest BCUT2D eigenvalue weighted by Crippen LogP contribution is -2.47. The molecule has 126 valence electrons. The van der Waals surface area contributed by atoms with Gasteiger partial charge in [-0.2, -0.15) is 0 Å². The number of hydrogen-bond acceptors (Lipinski definition) is 4. The van der Waals surface area contributed by atoms with Crippen LogP contribution in [0, 0.1) is 4.64 Å². The van der Waals surface area contributed by atoms with Gasteiger partial charge in [-0.15, -0.1) is 0 Å². The van der Waals surface area contributed by atoms with Gasteiger partial charge in [0.25, 0.3) is 5.91 Å². The van der Waals surface area contributed by atoms with Gasteiger partial charge in [0.2, 0.25) is 0 Å². The van der Waals surface area contributed by atoms with Crippen LogP contribution in [0.2, 0.25) is 0 Å². The Labute approximate surface area is 141 Å². The lowest BCUT2D eigenvalue weighted by atomic mass is 10.0. The summed E-state index contributed by atoms with van der Waals surface area (Å²) < 4.78 is 5.79. The zero-order chi connectivity index (χ0) is 17.0. The molecular weight excluding hydrogens is 314 g/mol. The van der Waals surface area contributed by atoms with Gasteiger partial charge in [-0.3, -0.25) is 4.79 Å². The number of ether oxygens (including phenoxy) is 1. The van der Waals surface area contributed by atoms with E-state index in [1.165, 1.54) is 0 Å². The molecule has 0 spiro atoms. The van der Waals surface area contributed by atoms with Crippen molar-refractivity contribution in [2.45, 2.75) is 45.3 Å². The summed E-state index contributed by atoms with van der Waals surface area (Å²) in [5.74, 6) is -0.178. The Hall–Kier alpha value is -1.89. The molecule has 1 aliphatic heterocycles. The zero-order valence-electron chi connectivity index (χ0n) is 13.7. The summed E-state index contributed by atoms with van der Waals surface area (Å²) in [5, 5.41) is 2.98. The molecule has 2 rings (SSSR count). The number of hydrogen-bond donors (Lipinski definition) is 2. The van der Waals surface area contributed by atoms with Crippen molar-refractivity contribution in [3.63, 3.8) is 0 Å². The highest BCUT2D eigenvalue weighted by Crippen LogP contribution is 2.16. The molecular formula is C16H23N3O3S. The number of H-pyrrole nitrogens is 1. The van der Waals surface area contributed by atoms with E-state index in [4.69, 9.17) is 17.0 Å². The van der Waals surface area contributed by atoms with Gasteiger partial charge in [-0.1, -0.05) is 12.2 Å². The maximum atomic E-state index is 12.2. The van der Waals surface area contributed by atoms with E-state index in [-0.39, 0.29) is 18.0 Å². The Morgan fingerprint density at radius 1 is 1.35 bits per heavy atom. The highest BCUT2D eigenvalue weighted by atomic mass is 32.1. The topological polar surface area (TPSA) is 74.4 Å².